The molecule has 0 N–H and O–H groups in total. The van der Waals surface area contributed by atoms with Crippen molar-refractivity contribution in [2.45, 2.75) is 24.9 Å². The molecule has 56 valence electrons. The Balaban J connectivity index is 3.50. The summed E-state index contributed by atoms with van der Waals surface area (Å²) >= 11 is 3.93. The Morgan fingerprint density at radius 1 is 1.22 bits per heavy atom. The van der Waals surface area contributed by atoms with Gasteiger partial charge in [-0.2, -0.15) is 23.5 Å². The zero-order chi connectivity index (χ0) is 7.28. The van der Waals surface area contributed by atoms with Gasteiger partial charge < -0.3 is 0 Å². The number of hydrogen-bond acceptors (Lipinski definition) is 2. The lowest BCUT2D eigenvalue weighted by molar-refractivity contribution is 0.616. The summed E-state index contributed by atoms with van der Waals surface area (Å²) in [6.07, 6.45) is 5.67. The van der Waals surface area contributed by atoms with Crippen LogP contribution in [0.4, 0.5) is 0 Å². The fraction of sp³-hybridized carbons (Fsp3) is 1.00. The Morgan fingerprint density at radius 3 is 1.78 bits per heavy atom. The average Bonchev–Trinajstić information content (AvgIpc) is 1.90. The minimum atomic E-state index is 0.801. The van der Waals surface area contributed by atoms with E-state index in [2.05, 4.69) is 26.4 Å². The highest BCUT2D eigenvalue weighted by Gasteiger charge is 2.11. The largest absolute Gasteiger partial charge is 0.151 e. The summed E-state index contributed by atoms with van der Waals surface area (Å²) in [5.74, 6) is 0.856. The maximum Gasteiger partial charge on any atom is 0.0522 e. The van der Waals surface area contributed by atoms with Crippen molar-refractivity contribution in [1.82, 2.24) is 0 Å². The van der Waals surface area contributed by atoms with Crippen LogP contribution < -0.4 is 0 Å². The molecule has 0 aromatic rings. The van der Waals surface area contributed by atoms with E-state index in [1.807, 2.05) is 23.5 Å². The van der Waals surface area contributed by atoms with Gasteiger partial charge in [0.25, 0.3) is 0 Å². The maximum atomic E-state index is 2.32. The van der Waals surface area contributed by atoms with Gasteiger partial charge in [-0.1, -0.05) is 20.3 Å². The summed E-state index contributed by atoms with van der Waals surface area (Å²) in [5.41, 5.74) is 0. The van der Waals surface area contributed by atoms with Gasteiger partial charge in [0.15, 0.2) is 0 Å². The van der Waals surface area contributed by atoms with Gasteiger partial charge in [-0.3, -0.25) is 0 Å². The van der Waals surface area contributed by atoms with E-state index < -0.39 is 0 Å². The Labute approximate surface area is 67.2 Å². The van der Waals surface area contributed by atoms with E-state index in [9.17, 15) is 0 Å². The van der Waals surface area contributed by atoms with Gasteiger partial charge in [0.2, 0.25) is 0 Å². The van der Waals surface area contributed by atoms with Gasteiger partial charge in [-0.25, -0.2) is 0 Å². The fourth-order valence-electron chi connectivity index (χ4n) is 0.753. The Morgan fingerprint density at radius 2 is 1.67 bits per heavy atom. The van der Waals surface area contributed by atoms with Crippen molar-refractivity contribution in [3.8, 4) is 0 Å². The summed E-state index contributed by atoms with van der Waals surface area (Å²) in [6, 6.07) is 0. The molecule has 0 aliphatic rings. The van der Waals surface area contributed by atoms with Crippen LogP contribution in [0.2, 0.25) is 0 Å². The summed E-state index contributed by atoms with van der Waals surface area (Å²) in [5, 5.41) is 0. The molecular weight excluding hydrogens is 148 g/mol. The van der Waals surface area contributed by atoms with Crippen LogP contribution in [0.25, 0.3) is 0 Å². The van der Waals surface area contributed by atoms with Crippen LogP contribution in [-0.4, -0.2) is 17.1 Å². The molecule has 0 saturated heterocycles. The molecule has 1 atom stereocenters. The van der Waals surface area contributed by atoms with Crippen molar-refractivity contribution in [2.75, 3.05) is 12.5 Å². The normalized spacial score (nSPS) is 14.3. The lowest BCUT2D eigenvalue weighted by Gasteiger charge is -2.17. The summed E-state index contributed by atoms with van der Waals surface area (Å²) in [4.78, 5) is 0. The topological polar surface area (TPSA) is 0 Å². The van der Waals surface area contributed by atoms with Gasteiger partial charge in [-0.05, 0) is 18.4 Å². The molecule has 0 aliphatic heterocycles. The van der Waals surface area contributed by atoms with Crippen LogP contribution in [0.5, 0.6) is 0 Å². The van der Waals surface area contributed by atoms with E-state index >= 15 is 0 Å². The smallest absolute Gasteiger partial charge is 0.0522 e. The van der Waals surface area contributed by atoms with Crippen molar-refractivity contribution in [2.24, 2.45) is 5.92 Å². The third-order valence-corrected chi connectivity index (χ3v) is 4.59. The first-order valence-corrected chi connectivity index (χ1v) is 5.89. The molecule has 0 aliphatic carbocycles. The minimum absolute atomic E-state index is 0.801. The fourth-order valence-corrected chi connectivity index (χ4v) is 2.84. The Bertz CT molecular complexity index is 59.9. The van der Waals surface area contributed by atoms with Gasteiger partial charge in [0.1, 0.15) is 0 Å². The van der Waals surface area contributed by atoms with Gasteiger partial charge >= 0.3 is 0 Å². The van der Waals surface area contributed by atoms with Crippen LogP contribution in [0.15, 0.2) is 0 Å². The predicted molar refractivity (Wildman–Crippen MR) is 50.3 cm³/mol. The number of rotatable bonds is 4. The lowest BCUT2D eigenvalue weighted by atomic mass is 10.2. The van der Waals surface area contributed by atoms with Crippen molar-refractivity contribution in [3.63, 3.8) is 0 Å². The highest BCUT2D eigenvalue weighted by atomic mass is 32.2. The first-order chi connectivity index (χ1) is 4.26. The van der Waals surface area contributed by atoms with Crippen molar-refractivity contribution >= 4 is 23.5 Å². The number of thioether (sulfide) groups is 2. The molecule has 0 spiro atoms. The first-order valence-electron chi connectivity index (χ1n) is 3.31. The SMILES string of the molecule is CCC(C)C(SC)SC. The molecule has 0 bridgehead atoms. The second-order valence-corrected chi connectivity index (χ2v) is 4.48. The molecule has 0 amide bonds. The quantitative estimate of drug-likeness (QED) is 0.586. The highest BCUT2D eigenvalue weighted by molar-refractivity contribution is 8.16. The number of hydrogen-bond donors (Lipinski definition) is 0. The molecule has 9 heavy (non-hydrogen) atoms. The summed E-state index contributed by atoms with van der Waals surface area (Å²) < 4.78 is 0.801. The third kappa shape index (κ3) is 3.41. The summed E-state index contributed by atoms with van der Waals surface area (Å²) in [6.45, 7) is 4.57. The molecule has 2 heteroatoms. The minimum Gasteiger partial charge on any atom is -0.151 e. The zero-order valence-corrected chi connectivity index (χ0v) is 8.31. The average molecular weight is 164 g/mol. The van der Waals surface area contributed by atoms with Crippen LogP contribution >= 0.6 is 23.5 Å². The Hall–Kier alpha value is 0.700. The monoisotopic (exact) mass is 164 g/mol. The van der Waals surface area contributed by atoms with Crippen LogP contribution in [0.1, 0.15) is 20.3 Å². The van der Waals surface area contributed by atoms with Gasteiger partial charge in [-0.15, -0.1) is 0 Å². The standard InChI is InChI=1S/C7H16S2/c1-5-6(2)7(8-3)9-4/h6-7H,5H2,1-4H3. The van der Waals surface area contributed by atoms with Crippen molar-refractivity contribution < 1.29 is 0 Å². The first kappa shape index (κ1) is 9.70. The third-order valence-electron chi connectivity index (χ3n) is 1.57. The van der Waals surface area contributed by atoms with Gasteiger partial charge in [0.05, 0.1) is 4.58 Å². The van der Waals surface area contributed by atoms with E-state index in [-0.39, 0.29) is 0 Å². The molecule has 0 aromatic carbocycles. The zero-order valence-electron chi connectivity index (χ0n) is 6.68. The second-order valence-electron chi connectivity index (χ2n) is 2.23. The molecule has 0 radical (unpaired) electrons. The van der Waals surface area contributed by atoms with Crippen LogP contribution in [-0.2, 0) is 0 Å². The molecule has 1 unspecified atom stereocenters. The van der Waals surface area contributed by atoms with E-state index in [1.165, 1.54) is 6.42 Å². The van der Waals surface area contributed by atoms with E-state index in [1.54, 1.807) is 0 Å². The van der Waals surface area contributed by atoms with Crippen molar-refractivity contribution in [1.29, 1.82) is 0 Å². The predicted octanol–water partition coefficient (Wildman–Crippen LogP) is 3.08. The molecule has 0 rings (SSSR count). The molecule has 0 heterocycles. The molecule has 0 nitrogen and oxygen atoms in total. The van der Waals surface area contributed by atoms with Crippen molar-refractivity contribution in [3.05, 3.63) is 0 Å². The second kappa shape index (κ2) is 5.48. The maximum absolute atomic E-state index is 2.32. The lowest BCUT2D eigenvalue weighted by Crippen LogP contribution is -2.07. The van der Waals surface area contributed by atoms with E-state index in [4.69, 9.17) is 0 Å². The Kier molecular flexibility index (Phi) is 5.91. The molecular formula is C7H16S2. The van der Waals surface area contributed by atoms with E-state index in [0.717, 1.165) is 10.5 Å². The molecule has 0 aromatic heterocycles. The highest BCUT2D eigenvalue weighted by Crippen LogP contribution is 2.28. The van der Waals surface area contributed by atoms with Gasteiger partial charge in [0, 0.05) is 0 Å². The molecule has 0 saturated carbocycles. The molecule has 0 fully saturated rings. The van der Waals surface area contributed by atoms with Crippen LogP contribution in [0.3, 0.4) is 0 Å². The van der Waals surface area contributed by atoms with Crippen LogP contribution in [0, 0.1) is 5.92 Å². The van der Waals surface area contributed by atoms with E-state index in [0.29, 0.717) is 0 Å². The summed E-state index contributed by atoms with van der Waals surface area (Å²) in [7, 11) is 0.